The van der Waals surface area contributed by atoms with Crippen molar-refractivity contribution in [3.8, 4) is 0 Å². The molecule has 1 aliphatic heterocycles. The number of hydrogen-bond acceptors (Lipinski definition) is 3. The molecule has 0 bridgehead atoms. The Morgan fingerprint density at radius 1 is 1.47 bits per heavy atom. The van der Waals surface area contributed by atoms with E-state index in [2.05, 4.69) is 22.3 Å². The standard InChI is InChI=1S/C13H18N2O2/c1-10(17)14-12-8-15(13(12)9-16)7-11-5-3-2-4-6-11/h2-6,12-13,16H,7-9H2,1H3,(H,14,17)/t12-,13-/m1/s1. The molecule has 0 spiro atoms. The first-order valence-corrected chi connectivity index (χ1v) is 5.86. The number of carbonyl (C=O) groups excluding carboxylic acids is 1. The van der Waals surface area contributed by atoms with Gasteiger partial charge in [-0.15, -0.1) is 0 Å². The van der Waals surface area contributed by atoms with E-state index in [1.54, 1.807) is 0 Å². The van der Waals surface area contributed by atoms with Gasteiger partial charge in [0, 0.05) is 20.0 Å². The van der Waals surface area contributed by atoms with Crippen molar-refractivity contribution in [2.75, 3.05) is 13.2 Å². The number of benzene rings is 1. The van der Waals surface area contributed by atoms with Gasteiger partial charge in [-0.05, 0) is 5.56 Å². The summed E-state index contributed by atoms with van der Waals surface area (Å²) in [5.74, 6) is -0.0344. The third-order valence-corrected chi connectivity index (χ3v) is 3.17. The number of hydrogen-bond donors (Lipinski definition) is 2. The molecule has 1 heterocycles. The second-order valence-corrected chi connectivity index (χ2v) is 4.47. The Bertz CT molecular complexity index is 380. The smallest absolute Gasteiger partial charge is 0.217 e. The maximum Gasteiger partial charge on any atom is 0.217 e. The second-order valence-electron chi connectivity index (χ2n) is 4.47. The fourth-order valence-electron chi connectivity index (χ4n) is 2.27. The van der Waals surface area contributed by atoms with E-state index in [9.17, 15) is 9.90 Å². The van der Waals surface area contributed by atoms with Crippen LogP contribution in [0.15, 0.2) is 30.3 Å². The summed E-state index contributed by atoms with van der Waals surface area (Å²) in [4.78, 5) is 13.1. The van der Waals surface area contributed by atoms with E-state index < -0.39 is 0 Å². The normalized spacial score (nSPS) is 24.1. The Morgan fingerprint density at radius 3 is 2.76 bits per heavy atom. The first-order valence-electron chi connectivity index (χ1n) is 5.86. The number of amides is 1. The number of aliphatic hydroxyl groups excluding tert-OH is 1. The van der Waals surface area contributed by atoms with Gasteiger partial charge < -0.3 is 10.4 Å². The average molecular weight is 234 g/mol. The Balaban J connectivity index is 1.90. The molecule has 2 rings (SSSR count). The first kappa shape index (κ1) is 12.1. The Hall–Kier alpha value is -1.39. The van der Waals surface area contributed by atoms with Crippen molar-refractivity contribution in [3.05, 3.63) is 35.9 Å². The SMILES string of the molecule is CC(=O)N[C@@H]1CN(Cc2ccccc2)[C@@H]1CO. The highest BCUT2D eigenvalue weighted by atomic mass is 16.3. The Labute approximate surface area is 101 Å². The molecule has 1 aromatic carbocycles. The van der Waals surface area contributed by atoms with Crippen LogP contribution in [0.25, 0.3) is 0 Å². The molecule has 1 amide bonds. The molecule has 0 unspecified atom stereocenters. The molecule has 2 N–H and O–H groups in total. The summed E-state index contributed by atoms with van der Waals surface area (Å²) in [5.41, 5.74) is 1.23. The Kier molecular flexibility index (Phi) is 3.76. The summed E-state index contributed by atoms with van der Waals surface area (Å²) in [7, 11) is 0. The van der Waals surface area contributed by atoms with E-state index >= 15 is 0 Å². The number of nitrogens with zero attached hydrogens (tertiary/aromatic N) is 1. The second kappa shape index (κ2) is 5.29. The largest absolute Gasteiger partial charge is 0.395 e. The van der Waals surface area contributed by atoms with Crippen LogP contribution in [0.4, 0.5) is 0 Å². The van der Waals surface area contributed by atoms with Crippen molar-refractivity contribution < 1.29 is 9.90 Å². The number of aliphatic hydroxyl groups is 1. The lowest BCUT2D eigenvalue weighted by Crippen LogP contribution is -2.67. The molecule has 92 valence electrons. The molecule has 1 aliphatic rings. The van der Waals surface area contributed by atoms with Gasteiger partial charge in [0.2, 0.25) is 5.91 Å². The molecule has 17 heavy (non-hydrogen) atoms. The lowest BCUT2D eigenvalue weighted by Gasteiger charge is -2.47. The average Bonchev–Trinajstić information content (AvgIpc) is 2.28. The summed E-state index contributed by atoms with van der Waals surface area (Å²) in [6.07, 6.45) is 0. The maximum absolute atomic E-state index is 11.0. The van der Waals surface area contributed by atoms with Crippen LogP contribution in [0, 0.1) is 0 Å². The molecular formula is C13H18N2O2. The lowest BCUT2D eigenvalue weighted by molar-refractivity contribution is -0.122. The van der Waals surface area contributed by atoms with Crippen LogP contribution in [0.3, 0.4) is 0 Å². The van der Waals surface area contributed by atoms with E-state index in [0.717, 1.165) is 13.1 Å². The molecule has 4 nitrogen and oxygen atoms in total. The van der Waals surface area contributed by atoms with Crippen molar-refractivity contribution >= 4 is 5.91 Å². The van der Waals surface area contributed by atoms with Crippen molar-refractivity contribution in [3.63, 3.8) is 0 Å². The summed E-state index contributed by atoms with van der Waals surface area (Å²) in [6.45, 7) is 3.22. The molecular weight excluding hydrogens is 216 g/mol. The van der Waals surface area contributed by atoms with Crippen molar-refractivity contribution in [2.24, 2.45) is 0 Å². The van der Waals surface area contributed by atoms with E-state index in [1.165, 1.54) is 12.5 Å². The van der Waals surface area contributed by atoms with Gasteiger partial charge in [0.15, 0.2) is 0 Å². The van der Waals surface area contributed by atoms with Crippen molar-refractivity contribution in [2.45, 2.75) is 25.6 Å². The summed E-state index contributed by atoms with van der Waals surface area (Å²) in [6, 6.07) is 10.3. The van der Waals surface area contributed by atoms with Crippen LogP contribution in [-0.2, 0) is 11.3 Å². The number of likely N-dealkylation sites (tertiary alicyclic amines) is 1. The molecule has 0 radical (unpaired) electrons. The van der Waals surface area contributed by atoms with Crippen LogP contribution < -0.4 is 5.32 Å². The minimum Gasteiger partial charge on any atom is -0.395 e. The zero-order chi connectivity index (χ0) is 12.3. The molecule has 0 aliphatic carbocycles. The van der Waals surface area contributed by atoms with Gasteiger partial charge in [-0.2, -0.15) is 0 Å². The fraction of sp³-hybridized carbons (Fsp3) is 0.462. The van der Waals surface area contributed by atoms with Crippen LogP contribution in [-0.4, -0.2) is 41.1 Å². The molecule has 4 heteroatoms. The van der Waals surface area contributed by atoms with Gasteiger partial charge in [0.25, 0.3) is 0 Å². The van der Waals surface area contributed by atoms with Crippen LogP contribution in [0.2, 0.25) is 0 Å². The number of carbonyl (C=O) groups is 1. The highest BCUT2D eigenvalue weighted by Gasteiger charge is 2.38. The van der Waals surface area contributed by atoms with E-state index in [0.29, 0.717) is 0 Å². The molecule has 1 aromatic rings. The van der Waals surface area contributed by atoms with Gasteiger partial charge in [-0.1, -0.05) is 30.3 Å². The number of nitrogens with one attached hydrogen (secondary N) is 1. The zero-order valence-corrected chi connectivity index (χ0v) is 9.97. The van der Waals surface area contributed by atoms with E-state index in [1.807, 2.05) is 18.2 Å². The quantitative estimate of drug-likeness (QED) is 0.791. The third-order valence-electron chi connectivity index (χ3n) is 3.17. The predicted molar refractivity (Wildman–Crippen MR) is 65.3 cm³/mol. The zero-order valence-electron chi connectivity index (χ0n) is 9.97. The van der Waals surface area contributed by atoms with Gasteiger partial charge >= 0.3 is 0 Å². The minimum atomic E-state index is -0.0344. The van der Waals surface area contributed by atoms with Crippen molar-refractivity contribution in [1.29, 1.82) is 0 Å². The highest BCUT2D eigenvalue weighted by Crippen LogP contribution is 2.20. The fourth-order valence-corrected chi connectivity index (χ4v) is 2.27. The van der Waals surface area contributed by atoms with Crippen LogP contribution >= 0.6 is 0 Å². The molecule has 2 atom stereocenters. The first-order chi connectivity index (χ1) is 8.20. The van der Waals surface area contributed by atoms with Gasteiger partial charge in [-0.25, -0.2) is 0 Å². The highest BCUT2D eigenvalue weighted by molar-refractivity contribution is 5.73. The summed E-state index contributed by atoms with van der Waals surface area (Å²) in [5, 5.41) is 12.2. The third kappa shape index (κ3) is 2.84. The molecule has 0 aromatic heterocycles. The lowest BCUT2D eigenvalue weighted by atomic mass is 9.96. The van der Waals surface area contributed by atoms with Crippen molar-refractivity contribution in [1.82, 2.24) is 10.2 Å². The van der Waals surface area contributed by atoms with E-state index in [4.69, 9.17) is 0 Å². The van der Waals surface area contributed by atoms with Crippen LogP contribution in [0.1, 0.15) is 12.5 Å². The van der Waals surface area contributed by atoms with E-state index in [-0.39, 0.29) is 24.6 Å². The summed E-state index contributed by atoms with van der Waals surface area (Å²) >= 11 is 0. The number of rotatable bonds is 4. The molecule has 1 fully saturated rings. The van der Waals surface area contributed by atoms with Gasteiger partial charge in [0.05, 0.1) is 18.7 Å². The molecule has 1 saturated heterocycles. The Morgan fingerprint density at radius 2 is 2.18 bits per heavy atom. The van der Waals surface area contributed by atoms with Gasteiger partial charge in [-0.3, -0.25) is 9.69 Å². The topological polar surface area (TPSA) is 52.6 Å². The monoisotopic (exact) mass is 234 g/mol. The van der Waals surface area contributed by atoms with Gasteiger partial charge in [0.1, 0.15) is 0 Å². The maximum atomic E-state index is 11.0. The molecule has 0 saturated carbocycles. The van der Waals surface area contributed by atoms with Crippen LogP contribution in [0.5, 0.6) is 0 Å². The predicted octanol–water partition coefficient (Wildman–Crippen LogP) is 0.368. The minimum absolute atomic E-state index is 0.0344. The summed E-state index contributed by atoms with van der Waals surface area (Å²) < 4.78 is 0.